The monoisotopic (exact) mass is 570 g/mol. The molecule has 0 heterocycles. The zero-order valence-electron chi connectivity index (χ0n) is 25.2. The first-order chi connectivity index (χ1) is 20.2. The topological polar surface area (TPSA) is 83.0 Å². The maximum Gasteiger partial charge on any atom is 0.127 e. The van der Waals surface area contributed by atoms with Crippen molar-refractivity contribution in [1.82, 2.24) is 10.6 Å². The van der Waals surface area contributed by atoms with Gasteiger partial charge in [-0.2, -0.15) is 0 Å². The van der Waals surface area contributed by atoms with Gasteiger partial charge in [0.15, 0.2) is 0 Å². The summed E-state index contributed by atoms with van der Waals surface area (Å²) < 4.78 is 12.0. The van der Waals surface area contributed by atoms with Gasteiger partial charge < -0.3 is 30.3 Å². The summed E-state index contributed by atoms with van der Waals surface area (Å²) in [4.78, 5) is 0. The first-order valence-electron chi connectivity index (χ1n) is 15.3. The van der Waals surface area contributed by atoms with Gasteiger partial charge in [-0.15, -0.1) is 0 Å². The second-order valence-electron chi connectivity index (χ2n) is 12.7. The third-order valence-corrected chi connectivity index (χ3v) is 9.03. The molecule has 6 nitrogen and oxygen atoms in total. The van der Waals surface area contributed by atoms with E-state index in [1.165, 1.54) is 0 Å². The Labute approximate surface area is 250 Å². The van der Waals surface area contributed by atoms with Gasteiger partial charge in [-0.05, 0) is 75.3 Å². The molecule has 4 aromatic rings. The Bertz CT molecular complexity index is 1440. The molecule has 2 atom stereocenters. The third-order valence-electron chi connectivity index (χ3n) is 9.03. The highest BCUT2D eigenvalue weighted by atomic mass is 16.5. The smallest absolute Gasteiger partial charge is 0.127 e. The van der Waals surface area contributed by atoms with Gasteiger partial charge in [0.1, 0.15) is 36.9 Å². The van der Waals surface area contributed by atoms with E-state index in [2.05, 4.69) is 55.7 Å². The standard InChI is InChI=1S/C36H46N2O4/c1-35(2,37-22-29(39)24-41-33-16-8-12-26-10-4-6-14-31(26)33)28-18-20-36(3,21-19-28)38-23-30(40)25-42-34-17-9-13-27-11-5-7-15-32(27)34/h4-17,28-30,37-40H,18-25H2,1-3H3. The molecule has 4 N–H and O–H groups in total. The van der Waals surface area contributed by atoms with Gasteiger partial charge in [0.2, 0.25) is 0 Å². The van der Waals surface area contributed by atoms with E-state index in [0.717, 1.165) is 58.7 Å². The molecule has 5 rings (SSSR count). The Balaban J connectivity index is 1.03. The van der Waals surface area contributed by atoms with Crippen LogP contribution in [0.5, 0.6) is 11.5 Å². The molecule has 1 saturated carbocycles. The molecule has 1 fully saturated rings. The lowest BCUT2D eigenvalue weighted by Crippen LogP contribution is -2.54. The number of aliphatic hydroxyl groups is 2. The summed E-state index contributed by atoms with van der Waals surface area (Å²) in [5.74, 6) is 2.10. The van der Waals surface area contributed by atoms with Crippen LogP contribution in [0, 0.1) is 5.92 Å². The molecule has 42 heavy (non-hydrogen) atoms. The number of nitrogens with one attached hydrogen (secondary N) is 2. The lowest BCUT2D eigenvalue weighted by atomic mass is 9.70. The number of hydrogen-bond acceptors (Lipinski definition) is 6. The molecule has 0 bridgehead atoms. The first-order valence-corrected chi connectivity index (χ1v) is 15.3. The summed E-state index contributed by atoms with van der Waals surface area (Å²) in [5.41, 5.74) is -0.119. The van der Waals surface area contributed by atoms with Crippen LogP contribution in [-0.4, -0.2) is 59.8 Å². The van der Waals surface area contributed by atoms with Crippen LogP contribution < -0.4 is 20.1 Å². The van der Waals surface area contributed by atoms with Gasteiger partial charge in [0.25, 0.3) is 0 Å². The fourth-order valence-corrected chi connectivity index (χ4v) is 6.18. The highest BCUT2D eigenvalue weighted by Gasteiger charge is 2.37. The van der Waals surface area contributed by atoms with Crippen molar-refractivity contribution in [3.05, 3.63) is 84.9 Å². The SMILES string of the molecule is CC1(NCC(O)COc2cccc3ccccc23)CCC(C(C)(C)NCC(O)COc2cccc3ccccc23)CC1. The summed E-state index contributed by atoms with van der Waals surface area (Å²) >= 11 is 0. The van der Waals surface area contributed by atoms with Gasteiger partial charge >= 0.3 is 0 Å². The molecule has 1 aliphatic carbocycles. The van der Waals surface area contributed by atoms with Gasteiger partial charge in [0, 0.05) is 34.9 Å². The van der Waals surface area contributed by atoms with Crippen molar-refractivity contribution in [3.63, 3.8) is 0 Å². The van der Waals surface area contributed by atoms with E-state index in [1.807, 2.05) is 60.7 Å². The predicted octanol–water partition coefficient (Wildman–Crippen LogP) is 6.08. The van der Waals surface area contributed by atoms with E-state index in [4.69, 9.17) is 9.47 Å². The van der Waals surface area contributed by atoms with E-state index in [-0.39, 0.29) is 24.3 Å². The zero-order valence-corrected chi connectivity index (χ0v) is 25.2. The van der Waals surface area contributed by atoms with Crippen LogP contribution in [0.4, 0.5) is 0 Å². The predicted molar refractivity (Wildman–Crippen MR) is 171 cm³/mol. The van der Waals surface area contributed by atoms with Crippen molar-refractivity contribution in [3.8, 4) is 11.5 Å². The maximum atomic E-state index is 10.7. The molecule has 0 aliphatic heterocycles. The molecule has 0 spiro atoms. The summed E-state index contributed by atoms with van der Waals surface area (Å²) in [6.45, 7) is 8.21. The van der Waals surface area contributed by atoms with Crippen molar-refractivity contribution in [1.29, 1.82) is 0 Å². The van der Waals surface area contributed by atoms with Crippen LogP contribution in [0.25, 0.3) is 21.5 Å². The second-order valence-corrected chi connectivity index (χ2v) is 12.7. The molecule has 4 aromatic carbocycles. The fraction of sp³-hybridized carbons (Fsp3) is 0.444. The van der Waals surface area contributed by atoms with E-state index >= 15 is 0 Å². The highest BCUT2D eigenvalue weighted by Crippen LogP contribution is 2.37. The number of fused-ring (bicyclic) bond motifs is 2. The molecular weight excluding hydrogens is 524 g/mol. The molecule has 1 aliphatic rings. The normalized spacial score (nSPS) is 20.8. The van der Waals surface area contributed by atoms with E-state index in [9.17, 15) is 10.2 Å². The lowest BCUT2D eigenvalue weighted by molar-refractivity contribution is 0.0726. The molecule has 224 valence electrons. The Morgan fingerprint density at radius 1 is 0.738 bits per heavy atom. The maximum absolute atomic E-state index is 10.7. The molecule has 0 radical (unpaired) electrons. The molecule has 0 aromatic heterocycles. The number of benzene rings is 4. The molecule has 0 saturated heterocycles. The number of β-amino-alcohol motifs (C(OH)–C–C–N with tert-alkyl or cyclic N) is 2. The highest BCUT2D eigenvalue weighted by molar-refractivity contribution is 5.88. The Morgan fingerprint density at radius 2 is 1.21 bits per heavy atom. The van der Waals surface area contributed by atoms with E-state index in [1.54, 1.807) is 0 Å². The van der Waals surface area contributed by atoms with E-state index < -0.39 is 12.2 Å². The Morgan fingerprint density at radius 3 is 1.76 bits per heavy atom. The number of rotatable bonds is 13. The van der Waals surface area contributed by atoms with Crippen LogP contribution in [0.15, 0.2) is 84.9 Å². The lowest BCUT2D eigenvalue weighted by Gasteiger charge is -2.45. The summed E-state index contributed by atoms with van der Waals surface area (Å²) in [5, 5.41) is 33.0. The Kier molecular flexibility index (Phi) is 9.69. The first kappa shape index (κ1) is 30.3. The Hall–Kier alpha value is -3.16. The van der Waals surface area contributed by atoms with Gasteiger partial charge in [0.05, 0.1) is 0 Å². The fourth-order valence-electron chi connectivity index (χ4n) is 6.18. The molecule has 2 unspecified atom stereocenters. The number of hydrogen-bond donors (Lipinski definition) is 4. The number of ether oxygens (including phenoxy) is 2. The van der Waals surface area contributed by atoms with Crippen molar-refractivity contribution in [2.45, 2.75) is 69.7 Å². The van der Waals surface area contributed by atoms with Crippen LogP contribution in [0.2, 0.25) is 0 Å². The summed E-state index contributed by atoms with van der Waals surface area (Å²) in [6, 6.07) is 28.3. The van der Waals surface area contributed by atoms with Crippen molar-refractivity contribution in [2.24, 2.45) is 5.92 Å². The van der Waals surface area contributed by atoms with E-state index in [0.29, 0.717) is 19.0 Å². The minimum atomic E-state index is -0.601. The number of aliphatic hydroxyl groups excluding tert-OH is 2. The van der Waals surface area contributed by atoms with Crippen LogP contribution in [-0.2, 0) is 0 Å². The molecular formula is C36H46N2O4. The van der Waals surface area contributed by atoms with Gasteiger partial charge in [-0.3, -0.25) is 0 Å². The quantitative estimate of drug-likeness (QED) is 0.156. The van der Waals surface area contributed by atoms with Crippen LogP contribution in [0.1, 0.15) is 46.5 Å². The van der Waals surface area contributed by atoms with Crippen LogP contribution >= 0.6 is 0 Å². The minimum absolute atomic E-state index is 0.0151. The van der Waals surface area contributed by atoms with Crippen molar-refractivity contribution >= 4 is 21.5 Å². The average Bonchev–Trinajstić information content (AvgIpc) is 3.01. The minimum Gasteiger partial charge on any atom is -0.490 e. The largest absolute Gasteiger partial charge is 0.490 e. The van der Waals surface area contributed by atoms with Crippen LogP contribution in [0.3, 0.4) is 0 Å². The summed E-state index contributed by atoms with van der Waals surface area (Å²) in [6.07, 6.45) is 3.04. The molecule has 6 heteroatoms. The van der Waals surface area contributed by atoms with Crippen molar-refractivity contribution in [2.75, 3.05) is 26.3 Å². The third kappa shape index (κ3) is 7.61. The zero-order chi connectivity index (χ0) is 29.6. The average molecular weight is 571 g/mol. The molecule has 0 amide bonds. The van der Waals surface area contributed by atoms with Crippen molar-refractivity contribution < 1.29 is 19.7 Å². The second kappa shape index (κ2) is 13.4. The van der Waals surface area contributed by atoms with Gasteiger partial charge in [-0.25, -0.2) is 0 Å². The summed E-state index contributed by atoms with van der Waals surface area (Å²) in [7, 11) is 0. The van der Waals surface area contributed by atoms with Gasteiger partial charge in [-0.1, -0.05) is 72.8 Å².